The summed E-state index contributed by atoms with van der Waals surface area (Å²) in [5.74, 6) is -0.242. The molecule has 1 N–H and O–H groups in total. The molecule has 4 aromatic rings. The molecule has 1 amide bonds. The molecule has 0 radical (unpaired) electrons. The first-order valence-corrected chi connectivity index (χ1v) is 13.8. The van der Waals surface area contributed by atoms with Crippen LogP contribution in [-0.4, -0.2) is 34.5 Å². The lowest BCUT2D eigenvalue weighted by atomic mass is 9.94. The smallest absolute Gasteiger partial charge is 0.301 e. The number of ketones is 1. The maximum absolute atomic E-state index is 13.5. The third kappa shape index (κ3) is 4.16. The van der Waals surface area contributed by atoms with Gasteiger partial charge in [0.25, 0.3) is 5.78 Å². The van der Waals surface area contributed by atoms with Crippen molar-refractivity contribution in [3.05, 3.63) is 87.4 Å². The van der Waals surface area contributed by atoms with Crippen LogP contribution in [-0.2, 0) is 16.0 Å². The van der Waals surface area contributed by atoms with E-state index in [4.69, 9.17) is 9.47 Å². The van der Waals surface area contributed by atoms with Crippen LogP contribution in [0.1, 0.15) is 36.6 Å². The number of aliphatic hydroxyl groups excluding tert-OH is 1. The third-order valence-electron chi connectivity index (χ3n) is 6.67. The van der Waals surface area contributed by atoms with E-state index in [1.807, 2.05) is 62.4 Å². The van der Waals surface area contributed by atoms with Crippen LogP contribution in [0.25, 0.3) is 16.0 Å². The van der Waals surface area contributed by atoms with Gasteiger partial charge in [0.15, 0.2) is 5.13 Å². The Kier molecular flexibility index (Phi) is 6.20. The number of hydrogen-bond acceptors (Lipinski definition) is 7. The number of halogens is 1. The van der Waals surface area contributed by atoms with Crippen molar-refractivity contribution >= 4 is 60.1 Å². The fourth-order valence-corrected chi connectivity index (χ4v) is 6.25. The number of fused-ring (bicyclic) bond motifs is 2. The first-order chi connectivity index (χ1) is 18.3. The van der Waals surface area contributed by atoms with Crippen molar-refractivity contribution in [2.75, 3.05) is 11.5 Å². The van der Waals surface area contributed by atoms with Crippen LogP contribution in [0.5, 0.6) is 11.5 Å². The molecule has 192 valence electrons. The second-order valence-electron chi connectivity index (χ2n) is 9.23. The standard InChI is InChI=1S/C29H23BrN2O5S/c1-3-36-20-9-10-21-23(14-20)38-29(31-21)32-25(16-4-7-19(30)8-5-16)24(27(34)28(32)35)26(33)17-6-11-22-18(13-17)12-15(2)37-22/h4-11,13-15,25,33H,3,12H2,1-2H3. The minimum atomic E-state index is -0.849. The van der Waals surface area contributed by atoms with E-state index in [0.29, 0.717) is 40.6 Å². The van der Waals surface area contributed by atoms with E-state index < -0.39 is 17.7 Å². The summed E-state index contributed by atoms with van der Waals surface area (Å²) in [7, 11) is 0. The fourth-order valence-electron chi connectivity index (χ4n) is 4.97. The lowest BCUT2D eigenvalue weighted by Gasteiger charge is -2.23. The van der Waals surface area contributed by atoms with Crippen molar-refractivity contribution in [1.29, 1.82) is 0 Å². The van der Waals surface area contributed by atoms with E-state index in [1.54, 1.807) is 12.1 Å². The highest BCUT2D eigenvalue weighted by Gasteiger charge is 2.48. The molecule has 0 spiro atoms. The van der Waals surface area contributed by atoms with Crippen molar-refractivity contribution in [3.63, 3.8) is 0 Å². The number of aromatic nitrogens is 1. The largest absolute Gasteiger partial charge is 0.507 e. The number of rotatable bonds is 5. The van der Waals surface area contributed by atoms with Crippen LogP contribution in [0.2, 0.25) is 0 Å². The second kappa shape index (κ2) is 9.56. The molecule has 7 nitrogen and oxygen atoms in total. The second-order valence-corrected chi connectivity index (χ2v) is 11.2. The molecule has 0 bridgehead atoms. The summed E-state index contributed by atoms with van der Waals surface area (Å²) in [5.41, 5.74) is 2.82. The highest BCUT2D eigenvalue weighted by molar-refractivity contribution is 9.10. The number of carbonyl (C=O) groups is 2. The SMILES string of the molecule is CCOc1ccc2nc(N3C(=O)C(=O)C(=C(O)c4ccc5c(c4)CC(C)O5)C3c3ccc(Br)cc3)sc2c1. The molecule has 9 heteroatoms. The van der Waals surface area contributed by atoms with E-state index in [2.05, 4.69) is 20.9 Å². The Morgan fingerprint density at radius 1 is 1.16 bits per heavy atom. The molecular weight excluding hydrogens is 568 g/mol. The average Bonchev–Trinajstić information content (AvgIpc) is 3.56. The van der Waals surface area contributed by atoms with E-state index >= 15 is 0 Å². The molecule has 2 unspecified atom stereocenters. The number of hydrogen-bond donors (Lipinski definition) is 1. The zero-order valence-electron chi connectivity index (χ0n) is 20.6. The normalized spacial score (nSPS) is 20.1. The van der Waals surface area contributed by atoms with Gasteiger partial charge in [0.1, 0.15) is 23.4 Å². The Morgan fingerprint density at radius 2 is 1.95 bits per heavy atom. The maximum atomic E-state index is 13.5. The predicted octanol–water partition coefficient (Wildman–Crippen LogP) is 6.41. The Bertz CT molecular complexity index is 1630. The van der Waals surface area contributed by atoms with E-state index in [-0.39, 0.29) is 17.4 Å². The number of ether oxygens (including phenoxy) is 2. The Labute approximate surface area is 231 Å². The van der Waals surface area contributed by atoms with Crippen LogP contribution in [0, 0.1) is 0 Å². The lowest BCUT2D eigenvalue weighted by molar-refractivity contribution is -0.132. The number of aliphatic hydroxyl groups is 1. The van der Waals surface area contributed by atoms with Crippen molar-refractivity contribution in [3.8, 4) is 11.5 Å². The van der Waals surface area contributed by atoms with Crippen LogP contribution in [0.4, 0.5) is 5.13 Å². The lowest BCUT2D eigenvalue weighted by Crippen LogP contribution is -2.29. The first-order valence-electron chi connectivity index (χ1n) is 12.2. The summed E-state index contributed by atoms with van der Waals surface area (Å²) in [6.45, 7) is 4.42. The van der Waals surface area contributed by atoms with E-state index in [1.165, 1.54) is 16.2 Å². The number of carbonyl (C=O) groups excluding carboxylic acids is 2. The van der Waals surface area contributed by atoms with Gasteiger partial charge in [-0.2, -0.15) is 0 Å². The molecule has 2 atom stereocenters. The molecule has 6 rings (SSSR count). The highest BCUT2D eigenvalue weighted by Crippen LogP contribution is 2.45. The summed E-state index contributed by atoms with van der Waals surface area (Å²) in [6, 6.07) is 17.4. The summed E-state index contributed by atoms with van der Waals surface area (Å²) in [6.07, 6.45) is 0.745. The molecule has 1 fully saturated rings. The first kappa shape index (κ1) is 24.6. The number of benzene rings is 3. The molecule has 0 aliphatic carbocycles. The predicted molar refractivity (Wildman–Crippen MR) is 150 cm³/mol. The maximum Gasteiger partial charge on any atom is 0.301 e. The molecule has 1 saturated heterocycles. The van der Waals surface area contributed by atoms with Gasteiger partial charge in [-0.25, -0.2) is 4.98 Å². The molecule has 38 heavy (non-hydrogen) atoms. The quantitative estimate of drug-likeness (QED) is 0.164. The van der Waals surface area contributed by atoms with Crippen LogP contribution in [0.15, 0.2) is 70.7 Å². The minimum absolute atomic E-state index is 0.0264. The number of Topliss-reactive ketones (excluding diaryl/α,β-unsaturated/α-hetero) is 1. The van der Waals surface area contributed by atoms with Crippen LogP contribution in [0.3, 0.4) is 0 Å². The van der Waals surface area contributed by atoms with Crippen molar-refractivity contribution in [2.24, 2.45) is 0 Å². The number of anilines is 1. The zero-order valence-corrected chi connectivity index (χ0v) is 23.0. The fraction of sp³-hybridized carbons (Fsp3) is 0.207. The highest BCUT2D eigenvalue weighted by atomic mass is 79.9. The van der Waals surface area contributed by atoms with Gasteiger partial charge in [-0.05, 0) is 73.5 Å². The molecule has 2 aliphatic heterocycles. The summed E-state index contributed by atoms with van der Waals surface area (Å²) in [5, 5.41) is 11.9. The molecule has 2 aliphatic rings. The molecule has 0 saturated carbocycles. The van der Waals surface area contributed by atoms with Gasteiger partial charge >= 0.3 is 5.91 Å². The molecule has 3 aromatic carbocycles. The Morgan fingerprint density at radius 3 is 2.71 bits per heavy atom. The van der Waals surface area contributed by atoms with E-state index in [0.717, 1.165) is 20.5 Å². The molecule has 3 heterocycles. The van der Waals surface area contributed by atoms with Gasteiger partial charge in [-0.1, -0.05) is 39.4 Å². The van der Waals surface area contributed by atoms with Crippen molar-refractivity contribution in [1.82, 2.24) is 4.98 Å². The summed E-state index contributed by atoms with van der Waals surface area (Å²) >= 11 is 4.75. The van der Waals surface area contributed by atoms with Crippen LogP contribution < -0.4 is 14.4 Å². The summed E-state index contributed by atoms with van der Waals surface area (Å²) in [4.78, 5) is 33.1. The average molecular weight is 591 g/mol. The van der Waals surface area contributed by atoms with Gasteiger partial charge in [0.2, 0.25) is 0 Å². The monoisotopic (exact) mass is 590 g/mol. The number of thiazole rings is 1. The van der Waals surface area contributed by atoms with Crippen LogP contribution >= 0.6 is 27.3 Å². The summed E-state index contributed by atoms with van der Waals surface area (Å²) < 4.78 is 13.1. The van der Waals surface area contributed by atoms with Gasteiger partial charge < -0.3 is 14.6 Å². The van der Waals surface area contributed by atoms with Crippen molar-refractivity contribution < 1.29 is 24.2 Å². The van der Waals surface area contributed by atoms with Gasteiger partial charge in [-0.3, -0.25) is 14.5 Å². The number of nitrogens with zero attached hydrogens (tertiary/aromatic N) is 2. The topological polar surface area (TPSA) is 89.0 Å². The third-order valence-corrected chi connectivity index (χ3v) is 8.21. The molecular formula is C29H23BrN2O5S. The minimum Gasteiger partial charge on any atom is -0.507 e. The zero-order chi connectivity index (χ0) is 26.6. The van der Waals surface area contributed by atoms with Gasteiger partial charge in [-0.15, -0.1) is 0 Å². The van der Waals surface area contributed by atoms with Crippen molar-refractivity contribution in [2.45, 2.75) is 32.4 Å². The van der Waals surface area contributed by atoms with E-state index in [9.17, 15) is 14.7 Å². The Balaban J connectivity index is 1.50. The van der Waals surface area contributed by atoms with Gasteiger partial charge in [0.05, 0.1) is 28.4 Å². The molecule has 1 aromatic heterocycles. The number of amides is 1. The Hall–Kier alpha value is -3.69. The van der Waals surface area contributed by atoms with Gasteiger partial charge in [0, 0.05) is 16.5 Å².